The molecule has 3 rings (SSSR count). The number of benzene rings is 1. The molecule has 0 spiro atoms. The highest BCUT2D eigenvalue weighted by molar-refractivity contribution is 5.97. The van der Waals surface area contributed by atoms with Crippen LogP contribution in [0.15, 0.2) is 65.4 Å². The van der Waals surface area contributed by atoms with Gasteiger partial charge in [-0.05, 0) is 36.6 Å². The first-order valence-corrected chi connectivity index (χ1v) is 7.00. The van der Waals surface area contributed by atoms with E-state index in [1.807, 2.05) is 13.0 Å². The van der Waals surface area contributed by atoms with Gasteiger partial charge < -0.3 is 11.1 Å². The Morgan fingerprint density at radius 2 is 1.86 bits per heavy atom. The van der Waals surface area contributed by atoms with Crippen LogP contribution in [0.2, 0.25) is 0 Å². The summed E-state index contributed by atoms with van der Waals surface area (Å²) in [4.78, 5) is 11.6. The second-order valence-electron chi connectivity index (χ2n) is 5.52. The molecule has 21 heavy (non-hydrogen) atoms. The summed E-state index contributed by atoms with van der Waals surface area (Å²) in [6, 6.07) is 8.30. The number of fused-ring (bicyclic) bond motifs is 1. The molecule has 1 aliphatic carbocycles. The van der Waals surface area contributed by atoms with Crippen molar-refractivity contribution in [1.82, 2.24) is 5.32 Å². The van der Waals surface area contributed by atoms with Gasteiger partial charge in [0.15, 0.2) is 0 Å². The Morgan fingerprint density at radius 1 is 1.14 bits per heavy atom. The first-order valence-electron chi connectivity index (χ1n) is 7.00. The van der Waals surface area contributed by atoms with E-state index in [0.29, 0.717) is 5.70 Å². The highest BCUT2D eigenvalue weighted by Crippen LogP contribution is 2.31. The van der Waals surface area contributed by atoms with Gasteiger partial charge in [0, 0.05) is 0 Å². The van der Waals surface area contributed by atoms with Crippen molar-refractivity contribution >= 4 is 11.5 Å². The van der Waals surface area contributed by atoms with Crippen molar-refractivity contribution in [2.45, 2.75) is 19.9 Å². The maximum atomic E-state index is 11.6. The number of carbonyl (C=O) groups excluding carboxylic acids is 1. The van der Waals surface area contributed by atoms with E-state index in [0.717, 1.165) is 16.7 Å². The van der Waals surface area contributed by atoms with E-state index < -0.39 is 5.91 Å². The van der Waals surface area contributed by atoms with E-state index in [1.165, 1.54) is 11.1 Å². The Hall–Kier alpha value is -2.55. The molecule has 1 aromatic carbocycles. The summed E-state index contributed by atoms with van der Waals surface area (Å²) in [7, 11) is 0. The molecule has 0 saturated heterocycles. The first kappa shape index (κ1) is 13.4. The predicted molar refractivity (Wildman–Crippen MR) is 85.2 cm³/mol. The molecule has 1 amide bonds. The molecule has 106 valence electrons. The van der Waals surface area contributed by atoms with Crippen molar-refractivity contribution in [1.29, 1.82) is 0 Å². The zero-order valence-electron chi connectivity index (χ0n) is 12.2. The summed E-state index contributed by atoms with van der Waals surface area (Å²) >= 11 is 0. The largest absolute Gasteiger partial charge is 0.370 e. The summed E-state index contributed by atoms with van der Waals surface area (Å²) < 4.78 is 0. The fraction of sp³-hybridized carbons (Fsp3) is 0.167. The number of nitrogens with one attached hydrogen (secondary N) is 1. The standard InChI is InChI=1S/C18H18N2O/c1-11-3-6-13(7-4-11)15-10-17(18(19)21)20-16-9-12(2)5-8-14(15)16/h3-10,16,20H,1-2H3,(H2,19,21). The van der Waals surface area contributed by atoms with Crippen LogP contribution in [0, 0.1) is 6.92 Å². The molecule has 1 aliphatic heterocycles. The van der Waals surface area contributed by atoms with Crippen molar-refractivity contribution in [3.8, 4) is 0 Å². The summed E-state index contributed by atoms with van der Waals surface area (Å²) in [5.41, 5.74) is 11.6. The van der Waals surface area contributed by atoms with Crippen molar-refractivity contribution in [3.63, 3.8) is 0 Å². The molecule has 1 unspecified atom stereocenters. The van der Waals surface area contributed by atoms with Gasteiger partial charge in [0.2, 0.25) is 0 Å². The Morgan fingerprint density at radius 3 is 2.52 bits per heavy atom. The van der Waals surface area contributed by atoms with Gasteiger partial charge in [-0.3, -0.25) is 4.79 Å². The number of primary amides is 1. The Bertz CT molecular complexity index is 718. The fourth-order valence-electron chi connectivity index (χ4n) is 2.67. The molecule has 1 atom stereocenters. The SMILES string of the molecule is CC1=CC2NC(C(N)=O)=CC(c3ccc(C)cc3)=C2C=C1. The van der Waals surface area contributed by atoms with Crippen molar-refractivity contribution in [2.24, 2.45) is 5.73 Å². The lowest BCUT2D eigenvalue weighted by atomic mass is 9.87. The van der Waals surface area contributed by atoms with Gasteiger partial charge in [0.25, 0.3) is 5.91 Å². The maximum absolute atomic E-state index is 11.6. The average molecular weight is 278 g/mol. The summed E-state index contributed by atoms with van der Waals surface area (Å²) in [5, 5.41) is 3.20. The lowest BCUT2D eigenvalue weighted by Gasteiger charge is -2.28. The van der Waals surface area contributed by atoms with E-state index in [2.05, 4.69) is 54.7 Å². The zero-order valence-corrected chi connectivity index (χ0v) is 12.2. The number of amides is 1. The van der Waals surface area contributed by atoms with E-state index in [-0.39, 0.29) is 6.04 Å². The molecule has 1 heterocycles. The Labute approximate surface area is 124 Å². The second kappa shape index (κ2) is 5.09. The Balaban J connectivity index is 2.15. The smallest absolute Gasteiger partial charge is 0.264 e. The van der Waals surface area contributed by atoms with Crippen LogP contribution in [0.3, 0.4) is 0 Å². The minimum absolute atomic E-state index is 0.00111. The topological polar surface area (TPSA) is 55.1 Å². The summed E-state index contributed by atoms with van der Waals surface area (Å²) in [6.07, 6.45) is 8.15. The lowest BCUT2D eigenvalue weighted by molar-refractivity contribution is -0.114. The third-order valence-electron chi connectivity index (χ3n) is 3.83. The number of dihydropyridines is 1. The van der Waals surface area contributed by atoms with Gasteiger partial charge >= 0.3 is 0 Å². The molecular weight excluding hydrogens is 260 g/mol. The molecule has 0 radical (unpaired) electrons. The summed E-state index contributed by atoms with van der Waals surface area (Å²) in [6.45, 7) is 4.10. The number of carbonyl (C=O) groups is 1. The first-order chi connectivity index (χ1) is 10.0. The number of aryl methyl sites for hydroxylation is 1. The normalized spacial score (nSPS) is 20.4. The molecule has 3 nitrogen and oxygen atoms in total. The summed E-state index contributed by atoms with van der Waals surface area (Å²) in [5.74, 6) is -0.431. The van der Waals surface area contributed by atoms with Crippen LogP contribution < -0.4 is 11.1 Å². The van der Waals surface area contributed by atoms with Crippen LogP contribution in [0.25, 0.3) is 5.57 Å². The van der Waals surface area contributed by atoms with Gasteiger partial charge in [0.1, 0.15) is 5.70 Å². The van der Waals surface area contributed by atoms with Gasteiger partial charge in [0.05, 0.1) is 6.04 Å². The number of hydrogen-bond donors (Lipinski definition) is 2. The van der Waals surface area contributed by atoms with E-state index >= 15 is 0 Å². The molecule has 0 bridgehead atoms. The van der Waals surface area contributed by atoms with E-state index in [9.17, 15) is 4.79 Å². The molecule has 2 aliphatic rings. The van der Waals surface area contributed by atoms with Crippen LogP contribution in [-0.2, 0) is 4.79 Å². The second-order valence-corrected chi connectivity index (χ2v) is 5.52. The van der Waals surface area contributed by atoms with Crippen LogP contribution in [0.1, 0.15) is 18.1 Å². The van der Waals surface area contributed by atoms with Gasteiger partial charge in [-0.15, -0.1) is 0 Å². The third kappa shape index (κ3) is 2.55. The van der Waals surface area contributed by atoms with Crippen molar-refractivity contribution < 1.29 is 4.79 Å². The van der Waals surface area contributed by atoms with Gasteiger partial charge in [-0.2, -0.15) is 0 Å². The highest BCUT2D eigenvalue weighted by Gasteiger charge is 2.24. The van der Waals surface area contributed by atoms with Crippen LogP contribution >= 0.6 is 0 Å². The van der Waals surface area contributed by atoms with Crippen LogP contribution in [0.5, 0.6) is 0 Å². The zero-order chi connectivity index (χ0) is 15.0. The molecule has 3 N–H and O–H groups in total. The minimum atomic E-state index is -0.431. The van der Waals surface area contributed by atoms with Crippen molar-refractivity contribution in [3.05, 3.63) is 76.5 Å². The number of nitrogens with two attached hydrogens (primary N) is 1. The number of allylic oxidation sites excluding steroid dienone is 4. The molecule has 1 aromatic rings. The highest BCUT2D eigenvalue weighted by atomic mass is 16.1. The Kier molecular flexibility index (Phi) is 3.26. The van der Waals surface area contributed by atoms with Gasteiger partial charge in [-0.1, -0.05) is 53.6 Å². The third-order valence-corrected chi connectivity index (χ3v) is 3.83. The average Bonchev–Trinajstić information content (AvgIpc) is 2.46. The number of hydrogen-bond acceptors (Lipinski definition) is 2. The molecule has 3 heteroatoms. The molecule has 0 fully saturated rings. The van der Waals surface area contributed by atoms with Crippen LogP contribution in [-0.4, -0.2) is 11.9 Å². The van der Waals surface area contributed by atoms with Crippen molar-refractivity contribution in [2.75, 3.05) is 0 Å². The van der Waals surface area contributed by atoms with Gasteiger partial charge in [-0.25, -0.2) is 0 Å². The monoisotopic (exact) mass is 278 g/mol. The number of rotatable bonds is 2. The molecule has 0 saturated carbocycles. The predicted octanol–water partition coefficient (Wildman–Crippen LogP) is 2.61. The fourth-order valence-corrected chi connectivity index (χ4v) is 2.67. The maximum Gasteiger partial charge on any atom is 0.264 e. The quantitative estimate of drug-likeness (QED) is 0.873. The van der Waals surface area contributed by atoms with E-state index in [1.54, 1.807) is 0 Å². The van der Waals surface area contributed by atoms with Crippen LogP contribution in [0.4, 0.5) is 0 Å². The minimum Gasteiger partial charge on any atom is -0.370 e. The lowest BCUT2D eigenvalue weighted by Crippen LogP contribution is -2.38. The molecular formula is C18H18N2O. The molecule has 0 aromatic heterocycles. The van der Waals surface area contributed by atoms with E-state index in [4.69, 9.17) is 5.73 Å².